The number of piperidine rings is 1. The van der Waals surface area contributed by atoms with E-state index in [1.165, 1.54) is 28.0 Å². The number of aliphatic hydroxyl groups excluding tert-OH is 1. The number of likely N-dealkylation sites (N-methyl/N-ethyl adjacent to an activating group) is 1. The molecule has 0 radical (unpaired) electrons. The number of rotatable bonds is 12. The Kier molecular flexibility index (Phi) is 13.2. The first-order chi connectivity index (χ1) is 28.9. The molecule has 17 heteroatoms. The number of amidine groups is 1. The molecule has 4 heterocycles. The third-order valence-electron chi connectivity index (χ3n) is 11.6. The summed E-state index contributed by atoms with van der Waals surface area (Å²) in [6, 6.07) is 16.4. The van der Waals surface area contributed by atoms with E-state index in [2.05, 4.69) is 21.2 Å². The average molecular weight is 833 g/mol. The molecule has 4 N–H and O–H groups in total. The van der Waals surface area contributed by atoms with Crippen molar-refractivity contribution >= 4 is 23.3 Å². The zero-order valence-electron chi connectivity index (χ0n) is 33.2. The fourth-order valence-electron chi connectivity index (χ4n) is 8.22. The van der Waals surface area contributed by atoms with E-state index in [0.717, 1.165) is 63.7 Å². The summed E-state index contributed by atoms with van der Waals surface area (Å²) in [6.45, 7) is 8.45. The summed E-state index contributed by atoms with van der Waals surface area (Å²) in [5, 5.41) is 24.4. The highest BCUT2D eigenvalue weighted by atomic mass is 19.4. The van der Waals surface area contributed by atoms with Crippen LogP contribution in [0.4, 0.5) is 23.2 Å². The van der Waals surface area contributed by atoms with E-state index in [0.29, 0.717) is 61.6 Å². The predicted octanol–water partition coefficient (Wildman–Crippen LogP) is 4.23. The maximum Gasteiger partial charge on any atom is 0.416 e. The molecule has 318 valence electrons. The number of piperazine rings is 1. The number of aliphatic hydroxyl groups is 1. The van der Waals surface area contributed by atoms with E-state index in [1.807, 2.05) is 0 Å². The largest absolute Gasteiger partial charge is 0.492 e. The van der Waals surface area contributed by atoms with Crippen molar-refractivity contribution < 1.29 is 41.7 Å². The number of benzene rings is 3. The zero-order valence-corrected chi connectivity index (χ0v) is 33.2. The van der Waals surface area contributed by atoms with Crippen LogP contribution in [0.5, 0.6) is 5.75 Å². The molecule has 0 aliphatic carbocycles. The molecule has 0 bridgehead atoms. The van der Waals surface area contributed by atoms with Gasteiger partial charge in [-0.2, -0.15) is 18.4 Å². The van der Waals surface area contributed by atoms with Crippen molar-refractivity contribution in [2.75, 3.05) is 65.6 Å². The second-order valence-corrected chi connectivity index (χ2v) is 15.3. The summed E-state index contributed by atoms with van der Waals surface area (Å²) in [6.07, 6.45) is -5.20. The summed E-state index contributed by atoms with van der Waals surface area (Å²) < 4.78 is 67.0. The molecule has 0 aromatic heterocycles. The molecule has 1 unspecified atom stereocenters. The third kappa shape index (κ3) is 9.33. The number of hydrogen-bond acceptors (Lipinski definition) is 11. The van der Waals surface area contributed by atoms with E-state index in [1.54, 1.807) is 31.2 Å². The number of nitriles is 1. The van der Waals surface area contributed by atoms with Crippen molar-refractivity contribution in [1.82, 2.24) is 24.9 Å². The van der Waals surface area contributed by atoms with Crippen LogP contribution in [0.25, 0.3) is 0 Å². The topological polar surface area (TPSA) is 160 Å². The number of ether oxygens (including phenoxy) is 2. The van der Waals surface area contributed by atoms with Gasteiger partial charge in [0.15, 0.2) is 0 Å². The second-order valence-electron chi connectivity index (χ2n) is 15.3. The molecule has 4 saturated heterocycles. The SMILES string of the molecule is CCN1C(=O)[C@@H](NC(=O)c2cccc(C(F)(F)F)c2)[C@@H](c2ccc(F)cc2)/C(=C(/N)C(O)N2CCC[C@H]2C#N)C1=Nc1cccc(OCCN2CCN(C3COC3)CC2)c1. The Balaban J connectivity index is 1.25. The first-order valence-corrected chi connectivity index (χ1v) is 20.1. The number of carbonyl (C=O) groups excluding carboxylic acids is 2. The van der Waals surface area contributed by atoms with Gasteiger partial charge in [-0.15, -0.1) is 0 Å². The Morgan fingerprint density at radius 3 is 2.47 bits per heavy atom. The number of nitrogens with one attached hydrogen (secondary N) is 1. The van der Waals surface area contributed by atoms with Crippen molar-refractivity contribution in [3.8, 4) is 11.8 Å². The van der Waals surface area contributed by atoms with Gasteiger partial charge in [0.05, 0.1) is 42.3 Å². The number of nitrogens with two attached hydrogens (primary N) is 1. The van der Waals surface area contributed by atoms with Crippen LogP contribution in [0.15, 0.2) is 89.1 Å². The lowest BCUT2D eigenvalue weighted by molar-refractivity contribution is -0.137. The van der Waals surface area contributed by atoms with Crippen molar-refractivity contribution in [1.29, 1.82) is 5.26 Å². The first-order valence-electron chi connectivity index (χ1n) is 20.1. The summed E-state index contributed by atoms with van der Waals surface area (Å²) in [4.78, 5) is 41.0. The quantitative estimate of drug-likeness (QED) is 0.226. The lowest BCUT2D eigenvalue weighted by atomic mass is 9.78. The Morgan fingerprint density at radius 1 is 1.07 bits per heavy atom. The molecule has 60 heavy (non-hydrogen) atoms. The predicted molar refractivity (Wildman–Crippen MR) is 213 cm³/mol. The summed E-state index contributed by atoms with van der Waals surface area (Å²) in [7, 11) is 0. The lowest BCUT2D eigenvalue weighted by Crippen LogP contribution is -2.60. The van der Waals surface area contributed by atoms with Gasteiger partial charge in [0, 0.05) is 68.9 Å². The molecule has 13 nitrogen and oxygen atoms in total. The Bertz CT molecular complexity index is 2130. The highest BCUT2D eigenvalue weighted by Gasteiger charge is 2.47. The monoisotopic (exact) mass is 832 g/mol. The number of alkyl halides is 3. The normalized spacial score (nSPS) is 24.2. The van der Waals surface area contributed by atoms with Crippen molar-refractivity contribution in [3.63, 3.8) is 0 Å². The van der Waals surface area contributed by atoms with E-state index in [-0.39, 0.29) is 29.2 Å². The number of likely N-dealkylation sites (tertiary alicyclic amines) is 2. The molecule has 2 amide bonds. The Morgan fingerprint density at radius 2 is 1.80 bits per heavy atom. The molecular formula is C43H48F4N8O5. The van der Waals surface area contributed by atoms with Gasteiger partial charge in [0.2, 0.25) is 0 Å². The number of aliphatic imine (C=N–C) groups is 1. The summed E-state index contributed by atoms with van der Waals surface area (Å²) in [5.41, 5.74) is 6.12. The fourth-order valence-corrected chi connectivity index (χ4v) is 8.22. The minimum atomic E-state index is -4.74. The van der Waals surface area contributed by atoms with Gasteiger partial charge >= 0.3 is 6.18 Å². The highest BCUT2D eigenvalue weighted by molar-refractivity contribution is 6.16. The molecule has 0 spiro atoms. The third-order valence-corrected chi connectivity index (χ3v) is 11.6. The molecule has 4 fully saturated rings. The number of hydrogen-bond donors (Lipinski definition) is 3. The van der Waals surface area contributed by atoms with Crippen LogP contribution in [0.2, 0.25) is 0 Å². The number of halogens is 4. The Labute approximate surface area is 345 Å². The zero-order chi connectivity index (χ0) is 42.6. The second kappa shape index (κ2) is 18.5. The van der Waals surface area contributed by atoms with Crippen LogP contribution in [-0.4, -0.2) is 132 Å². The van der Waals surface area contributed by atoms with E-state index in [9.17, 15) is 37.5 Å². The molecule has 4 atom stereocenters. The van der Waals surface area contributed by atoms with Gasteiger partial charge in [0.1, 0.15) is 42.3 Å². The minimum absolute atomic E-state index is 0.00162. The van der Waals surface area contributed by atoms with E-state index in [4.69, 9.17) is 20.2 Å². The molecule has 3 aromatic carbocycles. The fraction of sp³-hybridized carbons (Fsp3) is 0.442. The molecule has 4 aliphatic rings. The maximum absolute atomic E-state index is 14.7. The minimum Gasteiger partial charge on any atom is -0.492 e. The van der Waals surface area contributed by atoms with Crippen LogP contribution >= 0.6 is 0 Å². The van der Waals surface area contributed by atoms with Crippen molar-refractivity contribution in [2.45, 2.75) is 56.2 Å². The molecule has 7 rings (SSSR count). The molecular weight excluding hydrogens is 785 g/mol. The Hall–Kier alpha value is -5.38. The van der Waals surface area contributed by atoms with Gasteiger partial charge in [0.25, 0.3) is 11.8 Å². The van der Waals surface area contributed by atoms with Gasteiger partial charge in [-0.1, -0.05) is 24.3 Å². The van der Waals surface area contributed by atoms with Crippen molar-refractivity contribution in [2.24, 2.45) is 10.7 Å². The van der Waals surface area contributed by atoms with Gasteiger partial charge in [-0.3, -0.25) is 29.2 Å². The molecule has 0 saturated carbocycles. The average Bonchev–Trinajstić information content (AvgIpc) is 3.71. The van der Waals surface area contributed by atoms with Crippen LogP contribution < -0.4 is 15.8 Å². The highest BCUT2D eigenvalue weighted by Crippen LogP contribution is 2.40. The van der Waals surface area contributed by atoms with Gasteiger partial charge < -0.3 is 25.6 Å². The first kappa shape index (κ1) is 42.7. The van der Waals surface area contributed by atoms with E-state index < -0.39 is 53.6 Å². The smallest absolute Gasteiger partial charge is 0.416 e. The summed E-state index contributed by atoms with van der Waals surface area (Å²) >= 11 is 0. The van der Waals surface area contributed by atoms with Gasteiger partial charge in [-0.05, 0) is 67.8 Å². The van der Waals surface area contributed by atoms with Crippen LogP contribution in [0.3, 0.4) is 0 Å². The standard InChI is InChI=1S/C43H48F4N8O5/c1-2-54-39(50-31-8-4-10-34(23-31)60-21-20-52-16-18-53(19-17-52)33-25-59-26-33)36(37(49)41(57)55-15-5-9-32(55)24-48)35(27-11-13-30(44)14-12-27)38(42(54)58)51-40(56)28-6-3-7-29(22-28)43(45,46)47/h3-4,6-8,10-14,22-23,32-33,35,38,41,57H,2,5,9,15-21,25-26,49H2,1H3,(H,51,56)/b37-36-,50-39?/t32-,35-,38-,41?/m0/s1. The van der Waals surface area contributed by atoms with Crippen molar-refractivity contribution in [3.05, 3.63) is 107 Å². The number of carbonyl (C=O) groups is 2. The number of amides is 2. The van der Waals surface area contributed by atoms with Gasteiger partial charge in [-0.25, -0.2) is 9.38 Å². The lowest BCUT2D eigenvalue weighted by Gasteiger charge is -2.42. The molecule has 4 aliphatic heterocycles. The number of nitrogens with zero attached hydrogens (tertiary/aromatic N) is 6. The summed E-state index contributed by atoms with van der Waals surface area (Å²) in [5.74, 6) is -2.94. The van der Waals surface area contributed by atoms with Crippen LogP contribution in [0.1, 0.15) is 47.2 Å². The van der Waals surface area contributed by atoms with Crippen LogP contribution in [-0.2, 0) is 15.7 Å². The van der Waals surface area contributed by atoms with E-state index >= 15 is 0 Å². The van der Waals surface area contributed by atoms with Crippen LogP contribution in [0, 0.1) is 17.1 Å². The molecule has 3 aromatic rings. The maximum atomic E-state index is 14.7.